The second-order valence-electron chi connectivity index (χ2n) is 3.37. The van der Waals surface area contributed by atoms with Gasteiger partial charge in [0, 0.05) is 12.8 Å². The number of nitrogens with one attached hydrogen (secondary N) is 1. The molecule has 0 rings (SSSR count). The molecule has 0 aliphatic rings. The minimum Gasteiger partial charge on any atom is -0.307 e. The molecule has 9 heavy (non-hydrogen) atoms. The van der Waals surface area contributed by atoms with Gasteiger partial charge in [-0.3, -0.25) is 0 Å². The average Bonchev–Trinajstić information content (AvgIpc) is 1.64. The lowest BCUT2D eigenvalue weighted by molar-refractivity contribution is 0.291. The average molecular weight is 128 g/mol. The molecule has 0 aliphatic heterocycles. The van der Waals surface area contributed by atoms with Crippen molar-refractivity contribution in [1.29, 1.82) is 0 Å². The van der Waals surface area contributed by atoms with Crippen molar-refractivity contribution in [3.05, 3.63) is 0 Å². The van der Waals surface area contributed by atoms with Crippen LogP contribution in [0.3, 0.4) is 0 Å². The Balaban J connectivity index is 3.72. The van der Waals surface area contributed by atoms with E-state index in [0.717, 1.165) is 0 Å². The van der Waals surface area contributed by atoms with Gasteiger partial charge in [-0.15, -0.1) is 0 Å². The molecular weight excluding hydrogens is 112 g/mol. The van der Waals surface area contributed by atoms with Gasteiger partial charge < -0.3 is 5.43 Å². The predicted molar refractivity (Wildman–Crippen MR) is 41.6 cm³/mol. The predicted octanol–water partition coefficient (Wildman–Crippen LogP) is 1.63. The number of hydrazone groups is 1. The summed E-state index contributed by atoms with van der Waals surface area (Å²) in [4.78, 5) is 0. The first-order valence-corrected chi connectivity index (χ1v) is 3.19. The molecule has 0 bridgehead atoms. The monoisotopic (exact) mass is 128 g/mol. The first-order chi connectivity index (χ1) is 3.98. The second-order valence-corrected chi connectivity index (χ2v) is 3.37. The van der Waals surface area contributed by atoms with Gasteiger partial charge in [-0.05, 0) is 12.3 Å². The lowest BCUT2D eigenvalue weighted by Crippen LogP contribution is -2.34. The van der Waals surface area contributed by atoms with Gasteiger partial charge >= 0.3 is 0 Å². The lowest BCUT2D eigenvalue weighted by Gasteiger charge is -2.26. The van der Waals surface area contributed by atoms with Crippen molar-refractivity contribution < 1.29 is 0 Å². The summed E-state index contributed by atoms with van der Waals surface area (Å²) in [7, 11) is 0. The Morgan fingerprint density at radius 2 is 1.89 bits per heavy atom. The molecule has 0 heterocycles. The SMILES string of the molecule is C=NN[C@@H](C)C(C)(C)C. The van der Waals surface area contributed by atoms with Crippen LogP contribution in [0.15, 0.2) is 5.10 Å². The van der Waals surface area contributed by atoms with Crippen LogP contribution in [-0.2, 0) is 0 Å². The van der Waals surface area contributed by atoms with E-state index in [4.69, 9.17) is 0 Å². The van der Waals surface area contributed by atoms with E-state index in [1.54, 1.807) is 0 Å². The van der Waals surface area contributed by atoms with Gasteiger partial charge in [-0.2, -0.15) is 5.10 Å². The van der Waals surface area contributed by atoms with Crippen LogP contribution >= 0.6 is 0 Å². The largest absolute Gasteiger partial charge is 0.307 e. The van der Waals surface area contributed by atoms with E-state index in [2.05, 4.69) is 44.9 Å². The lowest BCUT2D eigenvalue weighted by atomic mass is 9.89. The minimum atomic E-state index is 0.265. The van der Waals surface area contributed by atoms with Gasteiger partial charge in [0.05, 0.1) is 0 Å². The van der Waals surface area contributed by atoms with E-state index in [9.17, 15) is 0 Å². The van der Waals surface area contributed by atoms with Crippen LogP contribution in [0.2, 0.25) is 0 Å². The number of hydrogen-bond acceptors (Lipinski definition) is 2. The van der Waals surface area contributed by atoms with Crippen LogP contribution in [0.25, 0.3) is 0 Å². The maximum Gasteiger partial charge on any atom is 0.0460 e. The van der Waals surface area contributed by atoms with Crippen LogP contribution < -0.4 is 5.43 Å². The Labute approximate surface area is 57.3 Å². The topological polar surface area (TPSA) is 24.4 Å². The Hall–Kier alpha value is -0.530. The van der Waals surface area contributed by atoms with E-state index in [1.807, 2.05) is 0 Å². The van der Waals surface area contributed by atoms with Gasteiger partial charge in [0.1, 0.15) is 0 Å². The Bertz CT molecular complexity index is 91.6. The minimum absolute atomic E-state index is 0.265. The molecule has 1 N–H and O–H groups in total. The summed E-state index contributed by atoms with van der Waals surface area (Å²) in [6, 6.07) is 0.384. The van der Waals surface area contributed by atoms with Crippen LogP contribution in [-0.4, -0.2) is 12.8 Å². The highest BCUT2D eigenvalue weighted by Gasteiger charge is 2.18. The molecule has 0 aliphatic carbocycles. The fourth-order valence-electron chi connectivity index (χ4n) is 0.331. The highest BCUT2D eigenvalue weighted by molar-refractivity contribution is 5.22. The molecule has 1 atom stereocenters. The molecule has 0 unspecified atom stereocenters. The molecule has 0 saturated heterocycles. The standard InChI is InChI=1S/C7H16N2/c1-6(9-8-5)7(2,3)4/h6,9H,5H2,1-4H3/t6-/m0/s1. The van der Waals surface area contributed by atoms with E-state index in [0.29, 0.717) is 6.04 Å². The van der Waals surface area contributed by atoms with Gasteiger partial charge in [-0.1, -0.05) is 20.8 Å². The summed E-state index contributed by atoms with van der Waals surface area (Å²) < 4.78 is 0. The quantitative estimate of drug-likeness (QED) is 0.443. The molecular formula is C7H16N2. The molecule has 0 radical (unpaired) electrons. The van der Waals surface area contributed by atoms with Crippen LogP contribution in [0.5, 0.6) is 0 Å². The number of rotatable bonds is 2. The third kappa shape index (κ3) is 3.12. The maximum absolute atomic E-state index is 3.60. The summed E-state index contributed by atoms with van der Waals surface area (Å²) in [6.45, 7) is 11.9. The normalized spacial score (nSPS) is 14.7. The second kappa shape index (κ2) is 2.85. The van der Waals surface area contributed by atoms with Gasteiger partial charge in [0.15, 0.2) is 0 Å². The first kappa shape index (κ1) is 8.47. The summed E-state index contributed by atoms with van der Waals surface area (Å²) in [5.41, 5.74) is 3.16. The third-order valence-corrected chi connectivity index (χ3v) is 1.58. The first-order valence-electron chi connectivity index (χ1n) is 3.19. The van der Waals surface area contributed by atoms with Crippen molar-refractivity contribution in [3.8, 4) is 0 Å². The van der Waals surface area contributed by atoms with Gasteiger partial charge in [-0.25, -0.2) is 0 Å². The highest BCUT2D eigenvalue weighted by atomic mass is 15.3. The van der Waals surface area contributed by atoms with Crippen LogP contribution in [0.1, 0.15) is 27.7 Å². The molecule has 0 spiro atoms. The smallest absolute Gasteiger partial charge is 0.0460 e. The zero-order chi connectivity index (χ0) is 7.49. The summed E-state index contributed by atoms with van der Waals surface area (Å²) in [6.07, 6.45) is 0. The molecule has 0 fully saturated rings. The summed E-state index contributed by atoms with van der Waals surface area (Å²) >= 11 is 0. The van der Waals surface area contributed by atoms with Crippen LogP contribution in [0.4, 0.5) is 0 Å². The molecule has 0 aromatic carbocycles. The fourth-order valence-corrected chi connectivity index (χ4v) is 0.331. The summed E-state index contributed by atoms with van der Waals surface area (Å²) in [5.74, 6) is 0. The third-order valence-electron chi connectivity index (χ3n) is 1.58. The van der Waals surface area contributed by atoms with Crippen molar-refractivity contribution in [2.45, 2.75) is 33.7 Å². The molecule has 0 amide bonds. The van der Waals surface area contributed by atoms with E-state index < -0.39 is 0 Å². The zero-order valence-corrected chi connectivity index (χ0v) is 6.73. The van der Waals surface area contributed by atoms with Gasteiger partial charge in [0.25, 0.3) is 0 Å². The Morgan fingerprint density at radius 3 is 2.00 bits per heavy atom. The van der Waals surface area contributed by atoms with E-state index in [1.165, 1.54) is 0 Å². The number of hydrogen-bond donors (Lipinski definition) is 1. The fraction of sp³-hybridized carbons (Fsp3) is 0.857. The maximum atomic E-state index is 3.60. The Morgan fingerprint density at radius 1 is 1.44 bits per heavy atom. The summed E-state index contributed by atoms with van der Waals surface area (Å²) in [5, 5.41) is 3.60. The van der Waals surface area contributed by atoms with Crippen molar-refractivity contribution in [2.24, 2.45) is 10.5 Å². The molecule has 2 nitrogen and oxygen atoms in total. The molecule has 54 valence electrons. The van der Waals surface area contributed by atoms with Crippen molar-refractivity contribution >= 4 is 6.72 Å². The van der Waals surface area contributed by atoms with Crippen molar-refractivity contribution in [3.63, 3.8) is 0 Å². The Kier molecular flexibility index (Phi) is 2.68. The number of nitrogens with zero attached hydrogens (tertiary/aromatic N) is 1. The van der Waals surface area contributed by atoms with E-state index >= 15 is 0 Å². The molecule has 0 aromatic heterocycles. The van der Waals surface area contributed by atoms with Crippen LogP contribution in [0, 0.1) is 5.41 Å². The van der Waals surface area contributed by atoms with E-state index in [-0.39, 0.29) is 5.41 Å². The van der Waals surface area contributed by atoms with Gasteiger partial charge in [0.2, 0.25) is 0 Å². The molecule has 2 heteroatoms. The molecule has 0 aromatic rings. The van der Waals surface area contributed by atoms with Crippen molar-refractivity contribution in [1.82, 2.24) is 5.43 Å². The highest BCUT2D eigenvalue weighted by Crippen LogP contribution is 2.17. The van der Waals surface area contributed by atoms with Crippen molar-refractivity contribution in [2.75, 3.05) is 0 Å². The zero-order valence-electron chi connectivity index (χ0n) is 6.73. The molecule has 0 saturated carbocycles.